The molecule has 1 heterocycles. The van der Waals surface area contributed by atoms with Crippen molar-refractivity contribution in [3.05, 3.63) is 15.8 Å². The van der Waals surface area contributed by atoms with Crippen LogP contribution >= 0.6 is 11.3 Å². The minimum atomic E-state index is -3.40. The molecule has 2 atom stereocenters. The molecule has 1 aromatic rings. The first-order chi connectivity index (χ1) is 9.87. The summed E-state index contributed by atoms with van der Waals surface area (Å²) >= 11 is 1.52. The van der Waals surface area contributed by atoms with Crippen LogP contribution in [0.15, 0.2) is 10.3 Å². The summed E-state index contributed by atoms with van der Waals surface area (Å²) < 4.78 is 27.7. The predicted molar refractivity (Wildman–Crippen MR) is 88.2 cm³/mol. The van der Waals surface area contributed by atoms with Crippen molar-refractivity contribution in [1.29, 1.82) is 0 Å². The van der Waals surface area contributed by atoms with Gasteiger partial charge in [0.05, 0.1) is 0 Å². The molecular weight excluding hydrogens is 304 g/mol. The second-order valence-electron chi connectivity index (χ2n) is 6.15. The standard InChI is InChI=1S/C15H26N2O2S2/c1-11-6-5-7-13(8-11)17(4)21(18,19)15-12(2)10-20-14(15)9-16-3/h10-11,13,16H,5-9H2,1-4H3. The second kappa shape index (κ2) is 6.77. The molecule has 0 amide bonds. The van der Waals surface area contributed by atoms with Crippen LogP contribution in [0.3, 0.4) is 0 Å². The van der Waals surface area contributed by atoms with Crippen LogP contribution in [-0.4, -0.2) is 32.9 Å². The Kier molecular flexibility index (Phi) is 5.46. The Hall–Kier alpha value is -0.430. The van der Waals surface area contributed by atoms with Gasteiger partial charge >= 0.3 is 0 Å². The largest absolute Gasteiger partial charge is 0.315 e. The van der Waals surface area contributed by atoms with Crippen molar-refractivity contribution in [2.75, 3.05) is 14.1 Å². The fourth-order valence-corrected chi connectivity index (χ4v) is 6.35. The summed E-state index contributed by atoms with van der Waals surface area (Å²) in [5, 5.41) is 5.00. The Morgan fingerprint density at radius 1 is 1.43 bits per heavy atom. The van der Waals surface area contributed by atoms with Crippen molar-refractivity contribution in [2.45, 2.75) is 57.0 Å². The van der Waals surface area contributed by atoms with E-state index in [1.54, 1.807) is 11.4 Å². The number of thiophene rings is 1. The van der Waals surface area contributed by atoms with Crippen LogP contribution in [0, 0.1) is 12.8 Å². The van der Waals surface area contributed by atoms with Crippen molar-refractivity contribution >= 4 is 21.4 Å². The van der Waals surface area contributed by atoms with Gasteiger partial charge in [-0.25, -0.2) is 8.42 Å². The van der Waals surface area contributed by atoms with Crippen molar-refractivity contribution in [3.8, 4) is 0 Å². The van der Waals surface area contributed by atoms with E-state index in [0.717, 1.165) is 29.7 Å². The molecule has 0 aromatic carbocycles. The maximum Gasteiger partial charge on any atom is 0.244 e. The zero-order chi connectivity index (χ0) is 15.6. The summed E-state index contributed by atoms with van der Waals surface area (Å²) in [6.07, 6.45) is 4.29. The van der Waals surface area contributed by atoms with Gasteiger partial charge in [0.15, 0.2) is 0 Å². The average Bonchev–Trinajstić information content (AvgIpc) is 2.80. The number of nitrogens with zero attached hydrogens (tertiary/aromatic N) is 1. The molecule has 0 bridgehead atoms. The lowest BCUT2D eigenvalue weighted by Gasteiger charge is -2.33. The lowest BCUT2D eigenvalue weighted by molar-refractivity contribution is 0.239. The van der Waals surface area contributed by atoms with Crippen LogP contribution in [0.4, 0.5) is 0 Å². The molecule has 4 nitrogen and oxygen atoms in total. The second-order valence-corrected chi connectivity index (χ2v) is 9.05. The van der Waals surface area contributed by atoms with E-state index in [4.69, 9.17) is 0 Å². The van der Waals surface area contributed by atoms with Gasteiger partial charge < -0.3 is 5.32 Å². The quantitative estimate of drug-likeness (QED) is 0.903. The first kappa shape index (κ1) is 16.9. The number of hydrogen-bond donors (Lipinski definition) is 1. The molecule has 1 N–H and O–H groups in total. The van der Waals surface area contributed by atoms with Crippen molar-refractivity contribution in [1.82, 2.24) is 9.62 Å². The molecule has 1 fully saturated rings. The molecule has 6 heteroatoms. The van der Waals surface area contributed by atoms with E-state index >= 15 is 0 Å². The fourth-order valence-electron chi connectivity index (χ4n) is 3.19. The summed E-state index contributed by atoms with van der Waals surface area (Å²) in [6, 6.07) is 0.139. The predicted octanol–water partition coefficient (Wildman–Crippen LogP) is 2.98. The van der Waals surface area contributed by atoms with Crippen LogP contribution in [0.25, 0.3) is 0 Å². The first-order valence-electron chi connectivity index (χ1n) is 7.57. The van der Waals surface area contributed by atoms with Gasteiger partial charge in [-0.1, -0.05) is 19.8 Å². The highest BCUT2D eigenvalue weighted by atomic mass is 32.2. The maximum atomic E-state index is 13.0. The molecule has 0 aliphatic heterocycles. The molecule has 2 unspecified atom stereocenters. The van der Waals surface area contributed by atoms with Crippen LogP contribution in [0.1, 0.15) is 43.0 Å². The summed E-state index contributed by atoms with van der Waals surface area (Å²) in [4.78, 5) is 1.42. The van der Waals surface area contributed by atoms with Gasteiger partial charge in [-0.2, -0.15) is 4.31 Å². The zero-order valence-electron chi connectivity index (χ0n) is 13.3. The van der Waals surface area contributed by atoms with Gasteiger partial charge in [0.2, 0.25) is 10.0 Å². The Morgan fingerprint density at radius 3 is 2.76 bits per heavy atom. The Morgan fingerprint density at radius 2 is 2.14 bits per heavy atom. The number of aryl methyl sites for hydroxylation is 1. The van der Waals surface area contributed by atoms with Crippen molar-refractivity contribution < 1.29 is 8.42 Å². The Bertz CT molecular complexity index is 580. The molecule has 1 aliphatic carbocycles. The molecule has 120 valence electrons. The fraction of sp³-hybridized carbons (Fsp3) is 0.733. The van der Waals surface area contributed by atoms with E-state index in [2.05, 4.69) is 12.2 Å². The normalized spacial score (nSPS) is 23.7. The smallest absolute Gasteiger partial charge is 0.244 e. The highest BCUT2D eigenvalue weighted by Crippen LogP contribution is 2.33. The molecule has 1 aromatic heterocycles. The minimum Gasteiger partial charge on any atom is -0.315 e. The molecule has 1 saturated carbocycles. The molecule has 1 aliphatic rings. The van der Waals surface area contributed by atoms with Gasteiger partial charge in [0, 0.05) is 24.5 Å². The van der Waals surface area contributed by atoms with Gasteiger partial charge in [-0.3, -0.25) is 0 Å². The van der Waals surface area contributed by atoms with Gasteiger partial charge in [-0.15, -0.1) is 11.3 Å². The summed E-state index contributed by atoms with van der Waals surface area (Å²) in [7, 11) is 0.195. The monoisotopic (exact) mass is 330 g/mol. The summed E-state index contributed by atoms with van der Waals surface area (Å²) in [5.41, 5.74) is 0.862. The lowest BCUT2D eigenvalue weighted by atomic mass is 9.87. The average molecular weight is 331 g/mol. The number of sulfonamides is 1. The van der Waals surface area contributed by atoms with Crippen LogP contribution in [0.5, 0.6) is 0 Å². The third-order valence-corrected chi connectivity index (χ3v) is 7.76. The molecule has 0 saturated heterocycles. The Balaban J connectivity index is 2.30. The summed E-state index contributed by atoms with van der Waals surface area (Å²) in [6.45, 7) is 4.71. The van der Waals surface area contributed by atoms with E-state index < -0.39 is 10.0 Å². The topological polar surface area (TPSA) is 49.4 Å². The lowest BCUT2D eigenvalue weighted by Crippen LogP contribution is -2.40. The molecule has 2 rings (SSSR count). The van der Waals surface area contributed by atoms with E-state index in [1.807, 2.05) is 19.4 Å². The molecule has 0 spiro atoms. The minimum absolute atomic E-state index is 0.139. The summed E-state index contributed by atoms with van der Waals surface area (Å²) in [5.74, 6) is 0.613. The highest BCUT2D eigenvalue weighted by molar-refractivity contribution is 7.89. The third-order valence-electron chi connectivity index (χ3n) is 4.39. The van der Waals surface area contributed by atoms with Crippen molar-refractivity contribution in [3.63, 3.8) is 0 Å². The number of rotatable bonds is 5. The first-order valence-corrected chi connectivity index (χ1v) is 9.89. The highest BCUT2D eigenvalue weighted by Gasteiger charge is 2.33. The number of hydrogen-bond acceptors (Lipinski definition) is 4. The molecule has 0 radical (unpaired) electrons. The van der Waals surface area contributed by atoms with Gasteiger partial charge in [0.1, 0.15) is 4.90 Å². The van der Waals surface area contributed by atoms with Gasteiger partial charge in [-0.05, 0) is 43.7 Å². The van der Waals surface area contributed by atoms with Crippen LogP contribution in [0.2, 0.25) is 0 Å². The van der Waals surface area contributed by atoms with Crippen molar-refractivity contribution in [2.24, 2.45) is 5.92 Å². The van der Waals surface area contributed by atoms with E-state index in [9.17, 15) is 8.42 Å². The Labute approximate surface area is 132 Å². The maximum absolute atomic E-state index is 13.0. The van der Waals surface area contributed by atoms with E-state index in [-0.39, 0.29) is 6.04 Å². The molecule has 21 heavy (non-hydrogen) atoms. The SMILES string of the molecule is CNCc1scc(C)c1S(=O)(=O)N(C)C1CCCC(C)C1. The van der Waals surface area contributed by atoms with Gasteiger partial charge in [0.25, 0.3) is 0 Å². The molecular formula is C15H26N2O2S2. The third kappa shape index (κ3) is 3.50. The van der Waals surface area contributed by atoms with Crippen LogP contribution < -0.4 is 5.32 Å². The van der Waals surface area contributed by atoms with E-state index in [1.165, 1.54) is 17.8 Å². The van der Waals surface area contributed by atoms with Crippen LogP contribution in [-0.2, 0) is 16.6 Å². The van der Waals surface area contributed by atoms with E-state index in [0.29, 0.717) is 17.4 Å². The number of nitrogens with one attached hydrogen (secondary N) is 1. The zero-order valence-corrected chi connectivity index (χ0v) is 15.0.